The minimum atomic E-state index is -3.11. The van der Waals surface area contributed by atoms with Gasteiger partial charge < -0.3 is 9.42 Å². The molecule has 138 valence electrons. The summed E-state index contributed by atoms with van der Waals surface area (Å²) in [6, 6.07) is 1.33. The molecular formula is C17H25N3O4S. The highest BCUT2D eigenvalue weighted by atomic mass is 32.2. The molecule has 1 aromatic heterocycles. The fourth-order valence-corrected chi connectivity index (χ4v) is 5.96. The van der Waals surface area contributed by atoms with Gasteiger partial charge in [-0.05, 0) is 18.8 Å². The molecule has 3 aliphatic rings. The van der Waals surface area contributed by atoms with E-state index in [-0.39, 0.29) is 41.1 Å². The highest BCUT2D eigenvalue weighted by molar-refractivity contribution is 7.91. The SMILES string of the molecule is CC(C)c1cc(C(=O)N2CCN(CC3CC3)[C@@H]3CS(=O)(=O)C[C@@H]32)no1. The maximum absolute atomic E-state index is 12.9. The van der Waals surface area contributed by atoms with Crippen LogP contribution in [0.5, 0.6) is 0 Å². The van der Waals surface area contributed by atoms with Crippen LogP contribution in [0.1, 0.15) is 48.9 Å². The van der Waals surface area contributed by atoms with Gasteiger partial charge in [0.15, 0.2) is 15.5 Å². The van der Waals surface area contributed by atoms with Gasteiger partial charge >= 0.3 is 0 Å². The third kappa shape index (κ3) is 3.33. The molecule has 7 nitrogen and oxygen atoms in total. The van der Waals surface area contributed by atoms with Gasteiger partial charge in [0, 0.05) is 37.7 Å². The van der Waals surface area contributed by atoms with E-state index in [9.17, 15) is 13.2 Å². The first-order valence-corrected chi connectivity index (χ1v) is 10.9. The molecule has 0 spiro atoms. The van der Waals surface area contributed by atoms with Crippen LogP contribution in [-0.4, -0.2) is 72.5 Å². The maximum Gasteiger partial charge on any atom is 0.276 e. The molecule has 2 saturated heterocycles. The number of rotatable bonds is 4. The van der Waals surface area contributed by atoms with Gasteiger partial charge in [-0.15, -0.1) is 0 Å². The van der Waals surface area contributed by atoms with Gasteiger partial charge in [-0.25, -0.2) is 8.42 Å². The summed E-state index contributed by atoms with van der Waals surface area (Å²) in [5, 5.41) is 3.91. The van der Waals surface area contributed by atoms with Crippen LogP contribution in [0.4, 0.5) is 0 Å². The molecule has 25 heavy (non-hydrogen) atoms. The van der Waals surface area contributed by atoms with Crippen LogP contribution in [0.2, 0.25) is 0 Å². The lowest BCUT2D eigenvalue weighted by molar-refractivity contribution is 0.0310. The predicted octanol–water partition coefficient (Wildman–Crippen LogP) is 1.13. The zero-order valence-electron chi connectivity index (χ0n) is 14.7. The topological polar surface area (TPSA) is 83.7 Å². The van der Waals surface area contributed by atoms with Gasteiger partial charge in [0.1, 0.15) is 5.76 Å². The van der Waals surface area contributed by atoms with E-state index in [1.807, 2.05) is 13.8 Å². The smallest absolute Gasteiger partial charge is 0.276 e. The molecule has 8 heteroatoms. The van der Waals surface area contributed by atoms with E-state index < -0.39 is 9.84 Å². The number of carbonyl (C=O) groups excluding carboxylic acids is 1. The number of piperazine rings is 1. The molecule has 0 N–H and O–H groups in total. The fourth-order valence-electron chi connectivity index (χ4n) is 3.95. The van der Waals surface area contributed by atoms with E-state index in [0.717, 1.165) is 13.1 Å². The fraction of sp³-hybridized carbons (Fsp3) is 0.765. The van der Waals surface area contributed by atoms with Crippen molar-refractivity contribution in [1.82, 2.24) is 15.0 Å². The second kappa shape index (κ2) is 6.09. The van der Waals surface area contributed by atoms with Crippen molar-refractivity contribution < 1.29 is 17.7 Å². The molecule has 2 aliphatic heterocycles. The van der Waals surface area contributed by atoms with Crippen LogP contribution >= 0.6 is 0 Å². The molecule has 1 aromatic rings. The summed E-state index contributed by atoms with van der Waals surface area (Å²) in [5.74, 6) is 1.53. The third-order valence-corrected chi connectivity index (χ3v) is 7.26. The Morgan fingerprint density at radius 2 is 2.00 bits per heavy atom. The molecule has 1 aliphatic carbocycles. The number of hydrogen-bond acceptors (Lipinski definition) is 6. The van der Waals surface area contributed by atoms with E-state index >= 15 is 0 Å². The molecule has 3 heterocycles. The minimum absolute atomic E-state index is 0.0550. The Labute approximate surface area is 148 Å². The first-order valence-electron chi connectivity index (χ1n) is 9.06. The second-order valence-corrected chi connectivity index (χ2v) is 10.1. The van der Waals surface area contributed by atoms with Gasteiger partial charge in [-0.2, -0.15) is 0 Å². The number of nitrogens with zero attached hydrogens (tertiary/aromatic N) is 3. The van der Waals surface area contributed by atoms with Crippen molar-refractivity contribution in [3.8, 4) is 0 Å². The van der Waals surface area contributed by atoms with Crippen molar-refractivity contribution in [2.75, 3.05) is 31.1 Å². The Morgan fingerprint density at radius 1 is 1.28 bits per heavy atom. The maximum atomic E-state index is 12.9. The van der Waals surface area contributed by atoms with Crippen molar-refractivity contribution >= 4 is 15.7 Å². The van der Waals surface area contributed by atoms with Gasteiger partial charge in [-0.1, -0.05) is 19.0 Å². The highest BCUT2D eigenvalue weighted by Gasteiger charge is 2.49. The molecule has 2 atom stereocenters. The summed E-state index contributed by atoms with van der Waals surface area (Å²) < 4.78 is 29.7. The molecular weight excluding hydrogens is 342 g/mol. The number of carbonyl (C=O) groups is 1. The average Bonchev–Trinajstić information content (AvgIpc) is 3.09. The molecule has 0 aromatic carbocycles. The van der Waals surface area contributed by atoms with Gasteiger partial charge in [-0.3, -0.25) is 9.69 Å². The minimum Gasteiger partial charge on any atom is -0.360 e. The molecule has 0 radical (unpaired) electrons. The molecule has 0 unspecified atom stereocenters. The van der Waals surface area contributed by atoms with Crippen LogP contribution in [0.15, 0.2) is 10.6 Å². The lowest BCUT2D eigenvalue weighted by Crippen LogP contribution is -2.60. The van der Waals surface area contributed by atoms with Crippen LogP contribution in [0.3, 0.4) is 0 Å². The van der Waals surface area contributed by atoms with E-state index in [1.54, 1.807) is 11.0 Å². The van der Waals surface area contributed by atoms with E-state index in [0.29, 0.717) is 18.2 Å². The Balaban J connectivity index is 1.56. The van der Waals surface area contributed by atoms with Crippen LogP contribution in [-0.2, 0) is 9.84 Å². The summed E-state index contributed by atoms with van der Waals surface area (Å²) in [6.45, 7) is 6.19. The summed E-state index contributed by atoms with van der Waals surface area (Å²) in [5.41, 5.74) is 0.280. The van der Waals surface area contributed by atoms with Gasteiger partial charge in [0.2, 0.25) is 0 Å². The zero-order chi connectivity index (χ0) is 17.8. The van der Waals surface area contributed by atoms with Crippen molar-refractivity contribution in [3.63, 3.8) is 0 Å². The first kappa shape index (κ1) is 17.0. The largest absolute Gasteiger partial charge is 0.360 e. The molecule has 1 saturated carbocycles. The lowest BCUT2D eigenvalue weighted by atomic mass is 10.0. The van der Waals surface area contributed by atoms with Crippen LogP contribution in [0.25, 0.3) is 0 Å². The quantitative estimate of drug-likeness (QED) is 0.793. The van der Waals surface area contributed by atoms with E-state index in [2.05, 4.69) is 10.1 Å². The van der Waals surface area contributed by atoms with Crippen LogP contribution < -0.4 is 0 Å². The Hall–Kier alpha value is -1.41. The second-order valence-electron chi connectivity index (χ2n) is 7.92. The monoisotopic (exact) mass is 367 g/mol. The Bertz CT molecular complexity index is 769. The number of aromatic nitrogens is 1. The summed E-state index contributed by atoms with van der Waals surface area (Å²) in [7, 11) is -3.11. The van der Waals surface area contributed by atoms with Crippen molar-refractivity contribution in [2.24, 2.45) is 5.92 Å². The van der Waals surface area contributed by atoms with Crippen molar-refractivity contribution in [3.05, 3.63) is 17.5 Å². The molecule has 4 rings (SSSR count). The van der Waals surface area contributed by atoms with Gasteiger partial charge in [0.05, 0.1) is 17.5 Å². The molecule has 3 fully saturated rings. The third-order valence-electron chi connectivity index (χ3n) is 5.56. The summed E-state index contributed by atoms with van der Waals surface area (Å²) in [6.07, 6.45) is 2.47. The van der Waals surface area contributed by atoms with E-state index in [1.165, 1.54) is 12.8 Å². The zero-order valence-corrected chi connectivity index (χ0v) is 15.5. The van der Waals surface area contributed by atoms with E-state index in [4.69, 9.17) is 4.52 Å². The number of fused-ring (bicyclic) bond motifs is 1. The number of hydrogen-bond donors (Lipinski definition) is 0. The standard InChI is InChI=1S/C17H25N3O4S/c1-11(2)16-7-13(18-24-16)17(21)20-6-5-19(8-12-3-4-12)14-9-25(22,23)10-15(14)20/h7,11-12,14-15H,3-6,8-10H2,1-2H3/t14-,15+/m1/s1. The average molecular weight is 367 g/mol. The molecule has 0 bridgehead atoms. The Kier molecular flexibility index (Phi) is 4.15. The van der Waals surface area contributed by atoms with Crippen molar-refractivity contribution in [2.45, 2.75) is 44.7 Å². The normalized spacial score (nSPS) is 29.2. The highest BCUT2D eigenvalue weighted by Crippen LogP contribution is 2.34. The predicted molar refractivity (Wildman–Crippen MR) is 92.2 cm³/mol. The van der Waals surface area contributed by atoms with Crippen LogP contribution in [0, 0.1) is 5.92 Å². The summed E-state index contributed by atoms with van der Waals surface area (Å²) >= 11 is 0. The Morgan fingerprint density at radius 3 is 2.64 bits per heavy atom. The summed E-state index contributed by atoms with van der Waals surface area (Å²) in [4.78, 5) is 16.9. The lowest BCUT2D eigenvalue weighted by Gasteiger charge is -2.43. The first-order chi connectivity index (χ1) is 11.8. The number of amides is 1. The van der Waals surface area contributed by atoms with Gasteiger partial charge in [0.25, 0.3) is 5.91 Å². The number of sulfone groups is 1. The molecule has 1 amide bonds. The van der Waals surface area contributed by atoms with Crippen molar-refractivity contribution in [1.29, 1.82) is 0 Å².